The molecule has 0 aliphatic carbocycles. The van der Waals surface area contributed by atoms with E-state index in [4.69, 9.17) is 4.74 Å². The second-order valence-corrected chi connectivity index (χ2v) is 7.54. The van der Waals surface area contributed by atoms with Gasteiger partial charge in [0.2, 0.25) is 5.91 Å². The number of rotatable bonds is 7. The fraction of sp³-hybridized carbons (Fsp3) is 0.526. The van der Waals surface area contributed by atoms with Crippen LogP contribution >= 0.6 is 11.8 Å². The van der Waals surface area contributed by atoms with Gasteiger partial charge in [0.1, 0.15) is 11.6 Å². The molecular formula is C19H27N5O2S. The monoisotopic (exact) mass is 389 g/mol. The van der Waals surface area contributed by atoms with E-state index >= 15 is 0 Å². The van der Waals surface area contributed by atoms with Gasteiger partial charge in [-0.1, -0.05) is 30.0 Å². The first-order valence-electron chi connectivity index (χ1n) is 9.16. The average molecular weight is 390 g/mol. The molecule has 27 heavy (non-hydrogen) atoms. The van der Waals surface area contributed by atoms with E-state index in [2.05, 4.69) is 25.0 Å². The highest BCUT2D eigenvalue weighted by Crippen LogP contribution is 2.27. The predicted octanol–water partition coefficient (Wildman–Crippen LogP) is 2.04. The minimum absolute atomic E-state index is 0.0318. The molecule has 8 heteroatoms. The Bertz CT molecular complexity index is 779. The lowest BCUT2D eigenvalue weighted by atomic mass is 9.97. The third-order valence-electron chi connectivity index (χ3n) is 4.96. The maximum atomic E-state index is 12.4. The zero-order valence-corrected chi connectivity index (χ0v) is 17.0. The molecule has 1 N–H and O–H groups in total. The number of amides is 1. The van der Waals surface area contributed by atoms with Gasteiger partial charge in [-0.05, 0) is 31.7 Å². The second-order valence-electron chi connectivity index (χ2n) is 6.77. The fourth-order valence-corrected chi connectivity index (χ4v) is 4.06. The highest BCUT2D eigenvalue weighted by Gasteiger charge is 2.26. The molecule has 0 spiro atoms. The molecule has 1 atom stereocenters. The number of para-hydroxylation sites is 1. The number of nitrogens with zero attached hydrogens (tertiary/aromatic N) is 4. The van der Waals surface area contributed by atoms with Crippen molar-refractivity contribution in [3.8, 4) is 5.75 Å². The second kappa shape index (κ2) is 9.23. The molecule has 2 heterocycles. The number of thioether (sulfide) groups is 1. The van der Waals surface area contributed by atoms with E-state index in [1.807, 2.05) is 37.6 Å². The van der Waals surface area contributed by atoms with Crippen molar-refractivity contribution in [2.45, 2.75) is 30.5 Å². The molecule has 0 bridgehead atoms. The highest BCUT2D eigenvalue weighted by atomic mass is 32.2. The van der Waals surface area contributed by atoms with Crippen LogP contribution in [0.2, 0.25) is 0 Å². The van der Waals surface area contributed by atoms with Crippen molar-refractivity contribution < 1.29 is 9.53 Å². The zero-order valence-electron chi connectivity index (χ0n) is 16.1. The van der Waals surface area contributed by atoms with E-state index in [9.17, 15) is 4.79 Å². The van der Waals surface area contributed by atoms with E-state index < -0.39 is 0 Å². The van der Waals surface area contributed by atoms with Gasteiger partial charge >= 0.3 is 0 Å². The van der Waals surface area contributed by atoms with Crippen molar-refractivity contribution in [1.29, 1.82) is 0 Å². The molecule has 1 aromatic heterocycles. The van der Waals surface area contributed by atoms with Crippen LogP contribution < -0.4 is 10.1 Å². The number of benzene rings is 1. The molecule has 1 fully saturated rings. The van der Waals surface area contributed by atoms with E-state index in [0.717, 1.165) is 48.2 Å². The van der Waals surface area contributed by atoms with Gasteiger partial charge in [-0.3, -0.25) is 9.69 Å². The summed E-state index contributed by atoms with van der Waals surface area (Å²) in [5.74, 6) is 2.16. The summed E-state index contributed by atoms with van der Waals surface area (Å²) in [6.45, 7) is 2.65. The Labute approximate surface area is 164 Å². The van der Waals surface area contributed by atoms with Gasteiger partial charge < -0.3 is 14.6 Å². The Morgan fingerprint density at radius 2 is 2.19 bits per heavy atom. The molecule has 1 aliphatic rings. The normalized spacial score (nSPS) is 17.7. The van der Waals surface area contributed by atoms with E-state index in [1.54, 1.807) is 18.9 Å². The Morgan fingerprint density at radius 3 is 2.93 bits per heavy atom. The summed E-state index contributed by atoms with van der Waals surface area (Å²) in [5.41, 5.74) is 0.980. The Morgan fingerprint density at radius 1 is 1.37 bits per heavy atom. The molecule has 0 radical (unpaired) electrons. The molecule has 0 saturated carbocycles. The first-order chi connectivity index (χ1) is 13.1. The van der Waals surface area contributed by atoms with Crippen LogP contribution in [-0.4, -0.2) is 58.6 Å². The third-order valence-corrected chi connectivity index (χ3v) is 5.68. The van der Waals surface area contributed by atoms with Crippen LogP contribution in [0.15, 0.2) is 29.4 Å². The highest BCUT2D eigenvalue weighted by molar-refractivity contribution is 7.98. The lowest BCUT2D eigenvalue weighted by Gasteiger charge is -2.31. The van der Waals surface area contributed by atoms with Gasteiger partial charge in [-0.15, -0.1) is 10.2 Å². The van der Waals surface area contributed by atoms with Crippen molar-refractivity contribution >= 4 is 17.7 Å². The molecular weight excluding hydrogens is 362 g/mol. The molecule has 1 aliphatic heterocycles. The zero-order chi connectivity index (χ0) is 19.2. The van der Waals surface area contributed by atoms with Gasteiger partial charge in [0.05, 0.1) is 13.7 Å². The van der Waals surface area contributed by atoms with E-state index in [1.165, 1.54) is 0 Å². The number of hydrogen-bond donors (Lipinski definition) is 1. The van der Waals surface area contributed by atoms with Crippen molar-refractivity contribution in [3.63, 3.8) is 0 Å². The molecule has 1 unspecified atom stereocenters. The number of nitrogens with one attached hydrogen (secondary N) is 1. The van der Waals surface area contributed by atoms with Crippen molar-refractivity contribution in [1.82, 2.24) is 25.0 Å². The predicted molar refractivity (Wildman–Crippen MR) is 106 cm³/mol. The summed E-state index contributed by atoms with van der Waals surface area (Å²) in [4.78, 5) is 14.6. The van der Waals surface area contributed by atoms with Crippen LogP contribution in [0.3, 0.4) is 0 Å². The molecule has 1 saturated heterocycles. The Hall–Kier alpha value is -2.06. The van der Waals surface area contributed by atoms with Crippen molar-refractivity contribution in [2.24, 2.45) is 7.05 Å². The summed E-state index contributed by atoms with van der Waals surface area (Å²) in [5, 5.41) is 12.5. The van der Waals surface area contributed by atoms with Gasteiger partial charge in [0, 0.05) is 31.6 Å². The lowest BCUT2D eigenvalue weighted by Crippen LogP contribution is -2.42. The number of hydrogen-bond acceptors (Lipinski definition) is 6. The van der Waals surface area contributed by atoms with Crippen LogP contribution in [-0.2, 0) is 18.4 Å². The summed E-state index contributed by atoms with van der Waals surface area (Å²) in [6, 6.07) is 7.74. The average Bonchev–Trinajstić information content (AvgIpc) is 3.07. The van der Waals surface area contributed by atoms with Gasteiger partial charge in [-0.25, -0.2) is 0 Å². The number of methoxy groups -OCH3 is 1. The van der Waals surface area contributed by atoms with Gasteiger partial charge in [0.15, 0.2) is 5.16 Å². The maximum absolute atomic E-state index is 12.4. The van der Waals surface area contributed by atoms with E-state index in [-0.39, 0.29) is 5.91 Å². The van der Waals surface area contributed by atoms with E-state index in [0.29, 0.717) is 19.0 Å². The van der Waals surface area contributed by atoms with Crippen LogP contribution in [0.4, 0.5) is 0 Å². The van der Waals surface area contributed by atoms with Gasteiger partial charge in [0.25, 0.3) is 0 Å². The number of piperidine rings is 1. The quantitative estimate of drug-likeness (QED) is 0.731. The van der Waals surface area contributed by atoms with Gasteiger partial charge in [-0.2, -0.15) is 0 Å². The molecule has 7 nitrogen and oxygen atoms in total. The standard InChI is InChI=1S/C19H27N5O2S/c1-23-18(21-22-19(23)27-3)15-8-6-10-24(12-15)13-17(25)20-11-14-7-4-5-9-16(14)26-2/h4-5,7,9,15H,6,8,10-13H2,1-3H3,(H,20,25). The Balaban J connectivity index is 1.54. The maximum Gasteiger partial charge on any atom is 0.234 e. The Kier molecular flexibility index (Phi) is 6.73. The van der Waals surface area contributed by atoms with Crippen molar-refractivity contribution in [2.75, 3.05) is 33.0 Å². The largest absolute Gasteiger partial charge is 0.496 e. The van der Waals surface area contributed by atoms with Crippen molar-refractivity contribution in [3.05, 3.63) is 35.7 Å². The summed E-state index contributed by atoms with van der Waals surface area (Å²) < 4.78 is 7.40. The van der Waals surface area contributed by atoms with Crippen LogP contribution in [0.5, 0.6) is 5.75 Å². The molecule has 1 aromatic carbocycles. The van der Waals surface area contributed by atoms with Crippen LogP contribution in [0.25, 0.3) is 0 Å². The number of likely N-dealkylation sites (tertiary alicyclic amines) is 1. The minimum atomic E-state index is 0.0318. The van der Waals surface area contributed by atoms with Crippen LogP contribution in [0, 0.1) is 0 Å². The van der Waals surface area contributed by atoms with Crippen LogP contribution in [0.1, 0.15) is 30.1 Å². The summed E-state index contributed by atoms with van der Waals surface area (Å²) in [6.07, 6.45) is 4.15. The topological polar surface area (TPSA) is 72.3 Å². The third kappa shape index (κ3) is 4.81. The summed E-state index contributed by atoms with van der Waals surface area (Å²) >= 11 is 1.60. The number of carbonyl (C=O) groups excluding carboxylic acids is 1. The first-order valence-corrected chi connectivity index (χ1v) is 10.4. The molecule has 146 valence electrons. The smallest absolute Gasteiger partial charge is 0.234 e. The number of ether oxygens (including phenoxy) is 1. The lowest BCUT2D eigenvalue weighted by molar-refractivity contribution is -0.122. The molecule has 2 aromatic rings. The molecule has 1 amide bonds. The SMILES string of the molecule is COc1ccccc1CNC(=O)CN1CCCC(c2nnc(SC)n2C)C1. The fourth-order valence-electron chi connectivity index (χ4n) is 3.57. The first kappa shape index (κ1) is 19.7. The molecule has 3 rings (SSSR count). The number of carbonyl (C=O) groups is 1. The number of aromatic nitrogens is 3. The minimum Gasteiger partial charge on any atom is -0.496 e. The summed E-state index contributed by atoms with van der Waals surface area (Å²) in [7, 11) is 3.66.